The second-order valence-electron chi connectivity index (χ2n) is 26.4. The van der Waals surface area contributed by atoms with Crippen LogP contribution in [0.15, 0.2) is 406 Å². The Balaban J connectivity index is 0.775. The van der Waals surface area contributed by atoms with E-state index in [1.54, 1.807) is 0 Å². The molecule has 16 aromatic carbocycles. The van der Waals surface area contributed by atoms with Gasteiger partial charge in [0.25, 0.3) is 0 Å². The summed E-state index contributed by atoms with van der Waals surface area (Å²) >= 11 is 0. The number of anilines is 12. The zero-order valence-corrected chi connectivity index (χ0v) is 55.9. The minimum Gasteiger partial charge on any atom is -0.311 e. The van der Waals surface area contributed by atoms with Crippen molar-refractivity contribution in [3.63, 3.8) is 0 Å². The van der Waals surface area contributed by atoms with E-state index in [1.165, 1.54) is 72.0 Å². The van der Waals surface area contributed by atoms with Crippen molar-refractivity contribution >= 4 is 90.1 Å². The monoisotopic (exact) mass is 1300 g/mol. The Labute approximate surface area is 594 Å². The standard InChI is InChI=1S/C97H67N5/c1-7-26-68(27-8-1)71-30-23-40-83(64-71)100(81-57-53-79(54-58-81)98(74-32-11-3-12-33-74)75-34-13-4-14-35-75)78-51-48-70(49-52-78)73-50-62-86-87-63-61-85(67-93(87)97(92(86)66-73)90-44-20-22-47-95(90)102-94-46-21-19-42-88(94)89-43-25-45-91(97)96(89)102)101(84-41-24-31-72(65-84)69-28-9-2-10-29-69)82-59-55-80(56-60-82)99(76-36-15-5-16-37-76)77-38-17-6-18-39-77/h1-67H. The molecule has 1 aliphatic heterocycles. The molecule has 0 amide bonds. The van der Waals surface area contributed by atoms with Gasteiger partial charge in [0.05, 0.1) is 22.1 Å². The summed E-state index contributed by atoms with van der Waals surface area (Å²) in [5.74, 6) is 0. The number of para-hydroxylation sites is 7. The van der Waals surface area contributed by atoms with E-state index in [2.05, 4.69) is 431 Å². The van der Waals surface area contributed by atoms with E-state index >= 15 is 0 Å². The van der Waals surface area contributed by atoms with Gasteiger partial charge in [-0.25, -0.2) is 0 Å². The van der Waals surface area contributed by atoms with Crippen molar-refractivity contribution in [2.75, 3.05) is 19.6 Å². The van der Waals surface area contributed by atoms with Crippen LogP contribution in [-0.4, -0.2) is 4.57 Å². The Morgan fingerprint density at radius 2 is 0.490 bits per heavy atom. The van der Waals surface area contributed by atoms with E-state index in [0.29, 0.717) is 0 Å². The molecule has 0 fully saturated rings. The molecule has 1 atom stereocenters. The second kappa shape index (κ2) is 25.1. The van der Waals surface area contributed by atoms with E-state index in [9.17, 15) is 0 Å². The average Bonchev–Trinajstić information content (AvgIpc) is 1.48. The molecule has 5 heteroatoms. The molecule has 2 aliphatic rings. The molecule has 0 bridgehead atoms. The van der Waals surface area contributed by atoms with Crippen LogP contribution in [0.2, 0.25) is 0 Å². The highest BCUT2D eigenvalue weighted by Gasteiger charge is 2.51. The first-order valence-corrected chi connectivity index (χ1v) is 35.0. The quantitative estimate of drug-likeness (QED) is 0.102. The summed E-state index contributed by atoms with van der Waals surface area (Å²) in [6, 6.07) is 149. The van der Waals surface area contributed by atoms with Crippen LogP contribution in [0.4, 0.5) is 68.2 Å². The third kappa shape index (κ3) is 10.1. The maximum atomic E-state index is 2.54. The van der Waals surface area contributed by atoms with Gasteiger partial charge in [-0.3, -0.25) is 0 Å². The largest absolute Gasteiger partial charge is 0.311 e. The highest BCUT2D eigenvalue weighted by Crippen LogP contribution is 2.63. The molecular formula is C97H67N5. The van der Waals surface area contributed by atoms with Crippen molar-refractivity contribution in [1.29, 1.82) is 0 Å². The number of benzene rings is 16. The summed E-state index contributed by atoms with van der Waals surface area (Å²) in [6.45, 7) is 0. The van der Waals surface area contributed by atoms with Crippen LogP contribution in [0.3, 0.4) is 0 Å². The Morgan fingerprint density at radius 3 is 1.00 bits per heavy atom. The Morgan fingerprint density at radius 1 is 0.186 bits per heavy atom. The summed E-state index contributed by atoms with van der Waals surface area (Å²) in [6.07, 6.45) is 0. The molecule has 1 aromatic heterocycles. The maximum absolute atomic E-state index is 2.54. The normalized spacial score (nSPS) is 13.1. The zero-order valence-electron chi connectivity index (χ0n) is 55.9. The topological polar surface area (TPSA) is 17.9 Å². The van der Waals surface area contributed by atoms with E-state index in [0.717, 1.165) is 90.5 Å². The van der Waals surface area contributed by atoms with Crippen LogP contribution in [0.25, 0.3) is 72.0 Å². The number of rotatable bonds is 15. The van der Waals surface area contributed by atoms with Crippen LogP contribution >= 0.6 is 0 Å². The maximum Gasteiger partial charge on any atom is 0.0755 e. The van der Waals surface area contributed by atoms with Gasteiger partial charge in [-0.05, 0) is 231 Å². The van der Waals surface area contributed by atoms with Gasteiger partial charge in [0.15, 0.2) is 0 Å². The first-order valence-electron chi connectivity index (χ1n) is 35.0. The van der Waals surface area contributed by atoms with Crippen molar-refractivity contribution in [1.82, 2.24) is 4.57 Å². The summed E-state index contributed by atoms with van der Waals surface area (Å²) in [5, 5.41) is 2.49. The third-order valence-corrected chi connectivity index (χ3v) is 20.7. The number of fused-ring (bicyclic) bond motifs is 12. The van der Waals surface area contributed by atoms with Crippen molar-refractivity contribution in [3.8, 4) is 50.2 Å². The van der Waals surface area contributed by atoms with Gasteiger partial charge < -0.3 is 24.2 Å². The van der Waals surface area contributed by atoms with Crippen molar-refractivity contribution in [2.24, 2.45) is 0 Å². The van der Waals surface area contributed by atoms with Crippen LogP contribution in [0, 0.1) is 0 Å². The predicted octanol–water partition coefficient (Wildman–Crippen LogP) is 26.3. The molecule has 102 heavy (non-hydrogen) atoms. The lowest BCUT2D eigenvalue weighted by atomic mass is 9.65. The minimum atomic E-state index is -0.756. The fourth-order valence-electron chi connectivity index (χ4n) is 16.2. The molecule has 0 N–H and O–H groups in total. The zero-order chi connectivity index (χ0) is 67.5. The molecular weight excluding hydrogens is 1240 g/mol. The summed E-state index contributed by atoms with van der Waals surface area (Å²) in [7, 11) is 0. The first-order chi connectivity index (χ1) is 50.6. The smallest absolute Gasteiger partial charge is 0.0755 e. The summed E-state index contributed by atoms with van der Waals surface area (Å²) in [5.41, 5.74) is 30.1. The molecule has 1 aliphatic carbocycles. The molecule has 5 nitrogen and oxygen atoms in total. The van der Waals surface area contributed by atoms with E-state index in [4.69, 9.17) is 0 Å². The Hall–Kier alpha value is -13.5. The number of hydrogen-bond acceptors (Lipinski definition) is 4. The molecule has 19 rings (SSSR count). The molecule has 17 aromatic rings. The highest BCUT2D eigenvalue weighted by atomic mass is 15.2. The van der Waals surface area contributed by atoms with Crippen molar-refractivity contribution < 1.29 is 0 Å². The van der Waals surface area contributed by atoms with Crippen LogP contribution in [0.5, 0.6) is 0 Å². The number of hydrogen-bond donors (Lipinski definition) is 0. The van der Waals surface area contributed by atoms with Gasteiger partial charge in [0.2, 0.25) is 0 Å². The Bertz CT molecular complexity index is 5840. The fraction of sp³-hybridized carbons (Fsp3) is 0.0103. The number of nitrogens with zero attached hydrogens (tertiary/aromatic N) is 5. The second-order valence-corrected chi connectivity index (χ2v) is 26.4. The first kappa shape index (κ1) is 59.8. The van der Waals surface area contributed by atoms with Gasteiger partial charge in [-0.1, -0.05) is 243 Å². The summed E-state index contributed by atoms with van der Waals surface area (Å²) < 4.78 is 2.54. The lowest BCUT2D eigenvalue weighted by molar-refractivity contribution is 0.748. The van der Waals surface area contributed by atoms with Crippen LogP contribution in [0.1, 0.15) is 22.3 Å². The van der Waals surface area contributed by atoms with Gasteiger partial charge in [-0.15, -0.1) is 0 Å². The van der Waals surface area contributed by atoms with Crippen molar-refractivity contribution in [3.05, 3.63) is 429 Å². The fourth-order valence-corrected chi connectivity index (χ4v) is 16.2. The van der Waals surface area contributed by atoms with Gasteiger partial charge in [-0.2, -0.15) is 0 Å². The van der Waals surface area contributed by atoms with Crippen LogP contribution in [-0.2, 0) is 5.41 Å². The molecule has 0 radical (unpaired) electrons. The van der Waals surface area contributed by atoms with Crippen LogP contribution < -0.4 is 19.6 Å². The minimum absolute atomic E-state index is 0.756. The summed E-state index contributed by atoms with van der Waals surface area (Å²) in [4.78, 5) is 9.49. The Kier molecular flexibility index (Phi) is 14.7. The van der Waals surface area contributed by atoms with Gasteiger partial charge in [0.1, 0.15) is 0 Å². The molecule has 2 heterocycles. The highest BCUT2D eigenvalue weighted by molar-refractivity contribution is 6.13. The number of aromatic nitrogens is 1. The lowest BCUT2D eigenvalue weighted by Gasteiger charge is -2.40. The SMILES string of the molecule is c1ccc(-c2cccc(N(c3ccc(-c4ccc5c(c4)C4(c6cc(N(c7ccc(N(c8ccccc8)c8ccccc8)cc7)c7cccc(-c8ccccc8)c7)ccc6-5)c5ccccc5-n5c6ccccc6c6cccc4c65)cc3)c3ccc(N(c4ccccc4)c4ccccc4)cc3)c2)cc1. The van der Waals surface area contributed by atoms with Gasteiger partial charge >= 0.3 is 0 Å². The molecule has 480 valence electrons. The third-order valence-electron chi connectivity index (χ3n) is 20.7. The van der Waals surface area contributed by atoms with E-state index in [1.807, 2.05) is 0 Å². The van der Waals surface area contributed by atoms with E-state index < -0.39 is 5.41 Å². The predicted molar refractivity (Wildman–Crippen MR) is 427 cm³/mol. The average molecular weight is 1300 g/mol. The lowest BCUT2D eigenvalue weighted by Crippen LogP contribution is -2.33. The molecule has 0 saturated heterocycles. The molecule has 1 unspecified atom stereocenters. The molecule has 0 saturated carbocycles. The molecule has 1 spiro atoms. The van der Waals surface area contributed by atoms with E-state index in [-0.39, 0.29) is 0 Å². The van der Waals surface area contributed by atoms with Gasteiger partial charge in [0, 0.05) is 79.0 Å². The van der Waals surface area contributed by atoms with Crippen molar-refractivity contribution in [2.45, 2.75) is 5.41 Å².